The van der Waals surface area contributed by atoms with Crippen LogP contribution in [-0.4, -0.2) is 42.6 Å². The third kappa shape index (κ3) is 2.92. The molecule has 28 heavy (non-hydrogen) atoms. The predicted octanol–water partition coefficient (Wildman–Crippen LogP) is 2.09. The van der Waals surface area contributed by atoms with Crippen molar-refractivity contribution in [3.8, 4) is 0 Å². The van der Waals surface area contributed by atoms with Crippen molar-refractivity contribution >= 4 is 27.8 Å². The van der Waals surface area contributed by atoms with Gasteiger partial charge in [-0.05, 0) is 32.0 Å². The number of aryl methyl sites for hydroxylation is 3. The van der Waals surface area contributed by atoms with Crippen molar-refractivity contribution in [2.45, 2.75) is 20.4 Å². The largest absolute Gasteiger partial charge is 0.334 e. The van der Waals surface area contributed by atoms with Crippen LogP contribution in [0.15, 0.2) is 35.1 Å². The van der Waals surface area contributed by atoms with Crippen LogP contribution < -0.4 is 5.56 Å². The highest BCUT2D eigenvalue weighted by Gasteiger charge is 2.21. The van der Waals surface area contributed by atoms with E-state index < -0.39 is 0 Å². The van der Waals surface area contributed by atoms with Gasteiger partial charge in [-0.25, -0.2) is 9.97 Å². The second-order valence-corrected chi connectivity index (χ2v) is 6.91. The zero-order valence-electron chi connectivity index (χ0n) is 16.1. The van der Waals surface area contributed by atoms with Crippen LogP contribution in [0.2, 0.25) is 0 Å². The lowest BCUT2D eigenvalue weighted by Gasteiger charge is -2.17. The Labute approximate surface area is 160 Å². The fourth-order valence-corrected chi connectivity index (χ4v) is 3.45. The monoisotopic (exact) mass is 376 g/mol. The molecule has 0 aliphatic rings. The molecule has 0 bridgehead atoms. The maximum Gasteiger partial charge on any atom is 0.258 e. The summed E-state index contributed by atoms with van der Waals surface area (Å²) in [5, 5.41) is 5.65. The highest BCUT2D eigenvalue weighted by molar-refractivity contribution is 6.06. The van der Waals surface area contributed by atoms with Gasteiger partial charge >= 0.3 is 0 Å². The fourth-order valence-electron chi connectivity index (χ4n) is 3.45. The Kier molecular flexibility index (Phi) is 4.18. The van der Waals surface area contributed by atoms with Crippen molar-refractivity contribution in [2.75, 3.05) is 7.05 Å². The van der Waals surface area contributed by atoms with Gasteiger partial charge in [-0.15, -0.1) is 0 Å². The Morgan fingerprint density at radius 2 is 1.96 bits per heavy atom. The van der Waals surface area contributed by atoms with Crippen LogP contribution in [0, 0.1) is 13.8 Å². The molecule has 4 rings (SSSR count). The molecule has 1 aromatic carbocycles. The maximum atomic E-state index is 13.2. The lowest BCUT2D eigenvalue weighted by Crippen LogP contribution is -2.28. The molecule has 1 N–H and O–H groups in total. The summed E-state index contributed by atoms with van der Waals surface area (Å²) in [5.41, 5.74) is 3.09. The number of rotatable bonds is 3. The van der Waals surface area contributed by atoms with Crippen molar-refractivity contribution in [3.05, 3.63) is 63.5 Å². The number of carbonyl (C=O) groups excluding carboxylic acids is 1. The molecule has 4 aromatic rings. The van der Waals surface area contributed by atoms with E-state index in [1.54, 1.807) is 36.0 Å². The molecule has 3 aromatic heterocycles. The Balaban J connectivity index is 1.72. The van der Waals surface area contributed by atoms with E-state index in [-0.39, 0.29) is 18.0 Å². The fraction of sp³-hybridized carbons (Fsp3) is 0.250. The molecule has 0 aliphatic carbocycles. The smallest absolute Gasteiger partial charge is 0.258 e. The number of hydrogen-bond acceptors (Lipinski definition) is 5. The number of nitrogens with one attached hydrogen (secondary N) is 1. The van der Waals surface area contributed by atoms with Gasteiger partial charge in [-0.1, -0.05) is 12.1 Å². The Bertz CT molecular complexity index is 1290. The van der Waals surface area contributed by atoms with Crippen LogP contribution in [0.25, 0.3) is 21.9 Å². The first-order valence-corrected chi connectivity index (χ1v) is 8.89. The van der Waals surface area contributed by atoms with Crippen LogP contribution >= 0.6 is 0 Å². The van der Waals surface area contributed by atoms with Crippen LogP contribution in [0.5, 0.6) is 0 Å². The Hall–Kier alpha value is -3.55. The van der Waals surface area contributed by atoms with Crippen molar-refractivity contribution in [1.82, 2.24) is 29.6 Å². The van der Waals surface area contributed by atoms with E-state index in [0.29, 0.717) is 27.9 Å². The second kappa shape index (κ2) is 6.56. The molecule has 0 fully saturated rings. The minimum atomic E-state index is -0.216. The number of H-pyrrole nitrogens is 1. The van der Waals surface area contributed by atoms with Gasteiger partial charge in [0.25, 0.3) is 11.5 Å². The molecule has 0 aliphatic heterocycles. The minimum Gasteiger partial charge on any atom is -0.334 e. The van der Waals surface area contributed by atoms with Crippen molar-refractivity contribution in [1.29, 1.82) is 0 Å². The third-order valence-corrected chi connectivity index (χ3v) is 4.72. The van der Waals surface area contributed by atoms with Crippen LogP contribution in [0.3, 0.4) is 0 Å². The summed E-state index contributed by atoms with van der Waals surface area (Å²) in [6, 6.07) is 8.90. The van der Waals surface area contributed by atoms with E-state index in [4.69, 9.17) is 0 Å². The molecule has 0 radical (unpaired) electrons. The molecule has 8 nitrogen and oxygen atoms in total. The van der Waals surface area contributed by atoms with E-state index in [9.17, 15) is 9.59 Å². The van der Waals surface area contributed by atoms with E-state index in [1.165, 1.54) is 4.90 Å². The summed E-state index contributed by atoms with van der Waals surface area (Å²) in [4.78, 5) is 38.7. The number of nitrogens with zero attached hydrogens (tertiary/aromatic N) is 5. The third-order valence-electron chi connectivity index (χ3n) is 4.72. The summed E-state index contributed by atoms with van der Waals surface area (Å²) in [7, 11) is 3.49. The summed E-state index contributed by atoms with van der Waals surface area (Å²) in [6.45, 7) is 3.89. The lowest BCUT2D eigenvalue weighted by molar-refractivity contribution is 0.0783. The van der Waals surface area contributed by atoms with Gasteiger partial charge in [-0.3, -0.25) is 14.3 Å². The number of benzene rings is 1. The van der Waals surface area contributed by atoms with E-state index in [0.717, 1.165) is 16.8 Å². The minimum absolute atomic E-state index is 0.178. The van der Waals surface area contributed by atoms with Crippen LogP contribution in [-0.2, 0) is 13.6 Å². The van der Waals surface area contributed by atoms with Gasteiger partial charge in [0.05, 0.1) is 34.1 Å². The predicted molar refractivity (Wildman–Crippen MR) is 106 cm³/mol. The molecule has 8 heteroatoms. The topological polar surface area (TPSA) is 96.8 Å². The number of para-hydroxylation sites is 1. The first-order valence-electron chi connectivity index (χ1n) is 8.89. The molecular weight excluding hydrogens is 356 g/mol. The van der Waals surface area contributed by atoms with Gasteiger partial charge in [0.2, 0.25) is 0 Å². The highest BCUT2D eigenvalue weighted by atomic mass is 16.2. The number of pyridine rings is 1. The molecule has 0 unspecified atom stereocenters. The molecular formula is C20H20N6O2. The normalized spacial score (nSPS) is 11.3. The Morgan fingerprint density at radius 1 is 1.21 bits per heavy atom. The summed E-state index contributed by atoms with van der Waals surface area (Å²) >= 11 is 0. The van der Waals surface area contributed by atoms with Crippen molar-refractivity contribution < 1.29 is 4.79 Å². The van der Waals surface area contributed by atoms with Gasteiger partial charge in [0, 0.05) is 19.8 Å². The second-order valence-electron chi connectivity index (χ2n) is 6.91. The first-order chi connectivity index (χ1) is 13.3. The average Bonchev–Trinajstić information content (AvgIpc) is 2.94. The number of amides is 1. The van der Waals surface area contributed by atoms with E-state index in [2.05, 4.69) is 20.1 Å². The summed E-state index contributed by atoms with van der Waals surface area (Å²) in [6.07, 6.45) is 0. The van der Waals surface area contributed by atoms with Gasteiger partial charge in [0.1, 0.15) is 5.82 Å². The van der Waals surface area contributed by atoms with Gasteiger partial charge in [0.15, 0.2) is 5.65 Å². The molecule has 0 spiro atoms. The maximum absolute atomic E-state index is 13.2. The van der Waals surface area contributed by atoms with E-state index >= 15 is 0 Å². The van der Waals surface area contributed by atoms with Gasteiger partial charge < -0.3 is 9.88 Å². The molecule has 0 atom stereocenters. The summed E-state index contributed by atoms with van der Waals surface area (Å²) < 4.78 is 1.68. The number of aromatic nitrogens is 5. The quantitative estimate of drug-likeness (QED) is 0.591. The molecule has 0 saturated heterocycles. The Morgan fingerprint density at radius 3 is 2.75 bits per heavy atom. The first kappa shape index (κ1) is 17.8. The zero-order chi connectivity index (χ0) is 20.0. The lowest BCUT2D eigenvalue weighted by atomic mass is 10.1. The standard InChI is InChI=1S/C20H20N6O2/c1-11-9-14(17-12(2)24-26(4)18(17)21-11)20(28)25(3)10-16-22-15-8-6-5-7-13(15)19(27)23-16/h5-9H,10H2,1-4H3,(H,22,23,27). The summed E-state index contributed by atoms with van der Waals surface area (Å²) in [5.74, 6) is 0.256. The van der Waals surface area contributed by atoms with Crippen LogP contribution in [0.4, 0.5) is 0 Å². The molecule has 142 valence electrons. The number of fused-ring (bicyclic) bond motifs is 2. The zero-order valence-corrected chi connectivity index (χ0v) is 16.1. The van der Waals surface area contributed by atoms with E-state index in [1.807, 2.05) is 27.0 Å². The molecule has 0 saturated carbocycles. The number of hydrogen-bond donors (Lipinski definition) is 1. The van der Waals surface area contributed by atoms with Crippen LogP contribution in [0.1, 0.15) is 27.6 Å². The number of aromatic amines is 1. The SMILES string of the molecule is Cc1cc(C(=O)N(C)Cc2nc3ccccc3c(=O)[nH]2)c2c(C)nn(C)c2n1. The molecule has 3 heterocycles. The van der Waals surface area contributed by atoms with Crippen molar-refractivity contribution in [2.24, 2.45) is 7.05 Å². The highest BCUT2D eigenvalue weighted by Crippen LogP contribution is 2.23. The van der Waals surface area contributed by atoms with Crippen molar-refractivity contribution in [3.63, 3.8) is 0 Å². The average molecular weight is 376 g/mol. The van der Waals surface area contributed by atoms with Gasteiger partial charge in [-0.2, -0.15) is 5.10 Å². The molecule has 1 amide bonds. The number of carbonyl (C=O) groups is 1.